The van der Waals surface area contributed by atoms with Gasteiger partial charge >= 0.3 is 0 Å². The number of allylic oxidation sites excluding steroid dienone is 3. The van der Waals surface area contributed by atoms with Crippen LogP contribution in [0.1, 0.15) is 6.92 Å². The standard InChI is InChI=1S/C8H11N/c1-6-3-4-7(2)8(6)5-9/h3-4H,1,5,9H2,2H3. The van der Waals surface area contributed by atoms with Gasteiger partial charge in [-0.1, -0.05) is 18.7 Å². The summed E-state index contributed by atoms with van der Waals surface area (Å²) in [5, 5.41) is 0. The maximum atomic E-state index is 5.46. The molecule has 0 unspecified atom stereocenters. The third-order valence-electron chi connectivity index (χ3n) is 1.60. The smallest absolute Gasteiger partial charge is 0.0186 e. The summed E-state index contributed by atoms with van der Waals surface area (Å²) >= 11 is 0. The molecule has 48 valence electrons. The molecule has 0 aromatic carbocycles. The molecule has 0 heterocycles. The van der Waals surface area contributed by atoms with E-state index in [1.165, 1.54) is 11.1 Å². The van der Waals surface area contributed by atoms with E-state index >= 15 is 0 Å². The second-order valence-electron chi connectivity index (χ2n) is 2.22. The van der Waals surface area contributed by atoms with Crippen LogP contribution in [-0.4, -0.2) is 6.54 Å². The molecule has 0 saturated heterocycles. The van der Waals surface area contributed by atoms with E-state index in [4.69, 9.17) is 5.73 Å². The molecule has 0 atom stereocenters. The Morgan fingerprint density at radius 2 is 2.22 bits per heavy atom. The predicted octanol–water partition coefficient (Wildman–Crippen LogP) is 1.39. The lowest BCUT2D eigenvalue weighted by molar-refractivity contribution is 1.15. The van der Waals surface area contributed by atoms with Gasteiger partial charge in [0.05, 0.1) is 0 Å². The Morgan fingerprint density at radius 1 is 1.56 bits per heavy atom. The normalized spacial score (nSPS) is 17.8. The first-order valence-corrected chi connectivity index (χ1v) is 3.03. The molecular weight excluding hydrogens is 110 g/mol. The zero-order valence-corrected chi connectivity index (χ0v) is 5.65. The van der Waals surface area contributed by atoms with E-state index in [1.54, 1.807) is 0 Å². The van der Waals surface area contributed by atoms with Crippen molar-refractivity contribution in [2.45, 2.75) is 6.92 Å². The van der Waals surface area contributed by atoms with Crippen LogP contribution in [0.2, 0.25) is 0 Å². The molecule has 1 nitrogen and oxygen atoms in total. The molecule has 0 amide bonds. The first-order valence-electron chi connectivity index (χ1n) is 3.03. The van der Waals surface area contributed by atoms with Crippen LogP contribution in [0.5, 0.6) is 0 Å². The van der Waals surface area contributed by atoms with Crippen molar-refractivity contribution < 1.29 is 0 Å². The molecule has 0 saturated carbocycles. The van der Waals surface area contributed by atoms with Crippen molar-refractivity contribution >= 4 is 0 Å². The highest BCUT2D eigenvalue weighted by molar-refractivity contribution is 5.51. The summed E-state index contributed by atoms with van der Waals surface area (Å²) in [4.78, 5) is 0. The topological polar surface area (TPSA) is 26.0 Å². The molecule has 1 heteroatoms. The van der Waals surface area contributed by atoms with Crippen molar-refractivity contribution in [3.63, 3.8) is 0 Å². The minimum Gasteiger partial charge on any atom is -0.326 e. The molecule has 0 radical (unpaired) electrons. The van der Waals surface area contributed by atoms with E-state index in [9.17, 15) is 0 Å². The van der Waals surface area contributed by atoms with E-state index < -0.39 is 0 Å². The molecule has 0 aromatic rings. The highest BCUT2D eigenvalue weighted by Gasteiger charge is 2.05. The summed E-state index contributed by atoms with van der Waals surface area (Å²) in [5.74, 6) is 0. The van der Waals surface area contributed by atoms with Gasteiger partial charge < -0.3 is 5.73 Å². The van der Waals surface area contributed by atoms with Crippen molar-refractivity contribution in [3.05, 3.63) is 35.5 Å². The quantitative estimate of drug-likeness (QED) is 0.557. The summed E-state index contributed by atoms with van der Waals surface area (Å²) in [6, 6.07) is 0. The van der Waals surface area contributed by atoms with Gasteiger partial charge in [-0.15, -0.1) is 0 Å². The molecular formula is C8H11N. The number of hydrogen-bond acceptors (Lipinski definition) is 1. The SMILES string of the molecule is C=C1C=CC(C)=C1CN. The van der Waals surface area contributed by atoms with Crippen molar-refractivity contribution in [3.8, 4) is 0 Å². The molecule has 2 N–H and O–H groups in total. The third kappa shape index (κ3) is 0.958. The average Bonchev–Trinajstić information content (AvgIpc) is 2.12. The maximum Gasteiger partial charge on any atom is 0.0186 e. The van der Waals surface area contributed by atoms with Crippen LogP contribution in [0, 0.1) is 0 Å². The molecule has 1 rings (SSSR count). The predicted molar refractivity (Wildman–Crippen MR) is 40.0 cm³/mol. The fourth-order valence-electron chi connectivity index (χ4n) is 0.972. The number of rotatable bonds is 1. The minimum absolute atomic E-state index is 0.609. The first-order chi connectivity index (χ1) is 4.25. The lowest BCUT2D eigenvalue weighted by atomic mass is 10.1. The van der Waals surface area contributed by atoms with Gasteiger partial charge in [-0.05, 0) is 23.6 Å². The highest BCUT2D eigenvalue weighted by atomic mass is 14.5. The van der Waals surface area contributed by atoms with E-state index in [2.05, 4.69) is 13.5 Å². The van der Waals surface area contributed by atoms with Gasteiger partial charge in [0.25, 0.3) is 0 Å². The van der Waals surface area contributed by atoms with Crippen molar-refractivity contribution in [1.82, 2.24) is 0 Å². The summed E-state index contributed by atoms with van der Waals surface area (Å²) < 4.78 is 0. The fraction of sp³-hybridized carbons (Fsp3) is 0.250. The number of nitrogens with two attached hydrogens (primary N) is 1. The Morgan fingerprint density at radius 3 is 2.44 bits per heavy atom. The molecule has 1 aliphatic rings. The molecule has 0 aliphatic heterocycles. The van der Waals surface area contributed by atoms with Crippen LogP contribution in [-0.2, 0) is 0 Å². The van der Waals surface area contributed by atoms with Crippen LogP contribution >= 0.6 is 0 Å². The van der Waals surface area contributed by atoms with Crippen molar-refractivity contribution in [2.24, 2.45) is 5.73 Å². The van der Waals surface area contributed by atoms with Crippen LogP contribution in [0.4, 0.5) is 0 Å². The summed E-state index contributed by atoms with van der Waals surface area (Å²) in [6.45, 7) is 6.49. The third-order valence-corrected chi connectivity index (χ3v) is 1.60. The van der Waals surface area contributed by atoms with E-state index in [0.29, 0.717) is 6.54 Å². The van der Waals surface area contributed by atoms with Gasteiger partial charge in [0.15, 0.2) is 0 Å². The van der Waals surface area contributed by atoms with Gasteiger partial charge in [0.2, 0.25) is 0 Å². The zero-order valence-electron chi connectivity index (χ0n) is 5.65. The maximum absolute atomic E-state index is 5.46. The van der Waals surface area contributed by atoms with Crippen LogP contribution < -0.4 is 5.73 Å². The van der Waals surface area contributed by atoms with E-state index in [0.717, 1.165) is 5.57 Å². The first kappa shape index (κ1) is 6.30. The van der Waals surface area contributed by atoms with Crippen molar-refractivity contribution in [1.29, 1.82) is 0 Å². The molecule has 0 fully saturated rings. The highest BCUT2D eigenvalue weighted by Crippen LogP contribution is 2.20. The van der Waals surface area contributed by atoms with Gasteiger partial charge in [-0.3, -0.25) is 0 Å². The lowest BCUT2D eigenvalue weighted by Crippen LogP contribution is -2.03. The Bertz CT molecular complexity index is 197. The van der Waals surface area contributed by atoms with Gasteiger partial charge in [0.1, 0.15) is 0 Å². The molecule has 0 aromatic heterocycles. The van der Waals surface area contributed by atoms with Crippen LogP contribution in [0.15, 0.2) is 35.5 Å². The van der Waals surface area contributed by atoms with Crippen molar-refractivity contribution in [2.75, 3.05) is 6.54 Å². The Labute approximate surface area is 55.6 Å². The largest absolute Gasteiger partial charge is 0.326 e. The zero-order chi connectivity index (χ0) is 6.85. The summed E-state index contributed by atoms with van der Waals surface area (Å²) in [6.07, 6.45) is 4.04. The average molecular weight is 121 g/mol. The molecule has 0 bridgehead atoms. The number of hydrogen-bond donors (Lipinski definition) is 1. The van der Waals surface area contributed by atoms with Crippen LogP contribution in [0.3, 0.4) is 0 Å². The van der Waals surface area contributed by atoms with Gasteiger partial charge in [-0.2, -0.15) is 0 Å². The Kier molecular flexibility index (Phi) is 1.54. The minimum atomic E-state index is 0.609. The Balaban J connectivity index is 2.92. The Hall–Kier alpha value is -0.820. The fourth-order valence-corrected chi connectivity index (χ4v) is 0.972. The monoisotopic (exact) mass is 121 g/mol. The van der Waals surface area contributed by atoms with Gasteiger partial charge in [0, 0.05) is 6.54 Å². The molecule has 9 heavy (non-hydrogen) atoms. The lowest BCUT2D eigenvalue weighted by Gasteiger charge is -1.98. The second-order valence-corrected chi connectivity index (χ2v) is 2.22. The second kappa shape index (κ2) is 2.19. The van der Waals surface area contributed by atoms with E-state index in [1.807, 2.05) is 12.2 Å². The molecule has 1 aliphatic carbocycles. The van der Waals surface area contributed by atoms with E-state index in [-0.39, 0.29) is 0 Å². The van der Waals surface area contributed by atoms with Gasteiger partial charge in [-0.25, -0.2) is 0 Å². The summed E-state index contributed by atoms with van der Waals surface area (Å²) in [7, 11) is 0. The van der Waals surface area contributed by atoms with Crippen LogP contribution in [0.25, 0.3) is 0 Å². The summed E-state index contributed by atoms with van der Waals surface area (Å²) in [5.41, 5.74) is 8.96. The molecule has 0 spiro atoms.